The maximum absolute atomic E-state index is 12.2. The molecule has 1 amide bonds. The lowest BCUT2D eigenvalue weighted by atomic mass is 10.0. The molecule has 0 bridgehead atoms. The summed E-state index contributed by atoms with van der Waals surface area (Å²) in [7, 11) is 0. The molecule has 1 fully saturated rings. The molecule has 0 aromatic heterocycles. The number of nitrogen functional groups attached to an aromatic ring is 1. The molecule has 1 heterocycles. The molecule has 2 aromatic carbocycles. The Kier molecular flexibility index (Phi) is 8.24. The van der Waals surface area contributed by atoms with Crippen LogP contribution in [-0.2, 0) is 23.9 Å². The van der Waals surface area contributed by atoms with Crippen LogP contribution in [0.5, 0.6) is 5.75 Å². The molecule has 0 aliphatic carbocycles. The number of rotatable bonds is 10. The van der Waals surface area contributed by atoms with Gasteiger partial charge in [0.25, 0.3) is 0 Å². The van der Waals surface area contributed by atoms with E-state index in [0.29, 0.717) is 17.7 Å². The van der Waals surface area contributed by atoms with Crippen LogP contribution < -0.4 is 15.8 Å². The maximum atomic E-state index is 12.2. The van der Waals surface area contributed by atoms with Crippen molar-refractivity contribution in [3.8, 4) is 16.9 Å². The molecule has 0 spiro atoms. The Balaban J connectivity index is 1.46. The third-order valence-corrected chi connectivity index (χ3v) is 5.42. The number of carbonyl (C=O) groups is 3. The van der Waals surface area contributed by atoms with Crippen LogP contribution in [0, 0.1) is 11.3 Å². The molecule has 3 atom stereocenters. The van der Waals surface area contributed by atoms with Crippen molar-refractivity contribution in [3.63, 3.8) is 0 Å². The van der Waals surface area contributed by atoms with Crippen LogP contribution in [0.3, 0.4) is 0 Å². The van der Waals surface area contributed by atoms with Crippen molar-refractivity contribution in [2.75, 3.05) is 6.61 Å². The highest BCUT2D eigenvalue weighted by atomic mass is 16.7. The van der Waals surface area contributed by atoms with E-state index in [0.717, 1.165) is 11.1 Å². The van der Waals surface area contributed by atoms with Crippen LogP contribution in [0.4, 0.5) is 0 Å². The largest absolute Gasteiger partial charge is 0.491 e. The minimum absolute atomic E-state index is 0.0282. The number of ether oxygens (including phenoxy) is 3. The SMILES string of the molecule is CCC(=O)OC(C)OC(=O)C[C@@H]1C[C@@H](COc2ccc(-c3ccc(C(=N)N)cc3)cc2)NC1=O. The van der Waals surface area contributed by atoms with Gasteiger partial charge in [0.2, 0.25) is 12.2 Å². The molecule has 9 heteroatoms. The van der Waals surface area contributed by atoms with Gasteiger partial charge in [-0.05, 0) is 29.7 Å². The molecule has 0 saturated carbocycles. The van der Waals surface area contributed by atoms with Crippen LogP contribution in [0.25, 0.3) is 11.1 Å². The molecule has 1 unspecified atom stereocenters. The maximum Gasteiger partial charge on any atom is 0.309 e. The smallest absolute Gasteiger partial charge is 0.309 e. The van der Waals surface area contributed by atoms with Crippen molar-refractivity contribution in [3.05, 3.63) is 54.1 Å². The van der Waals surface area contributed by atoms with Crippen molar-refractivity contribution in [1.82, 2.24) is 5.32 Å². The number of esters is 2. The second-order valence-corrected chi connectivity index (χ2v) is 8.07. The molecule has 4 N–H and O–H groups in total. The number of carbonyl (C=O) groups excluding carboxylic acids is 3. The Morgan fingerprint density at radius 1 is 1.06 bits per heavy atom. The lowest BCUT2D eigenvalue weighted by molar-refractivity contribution is -0.185. The summed E-state index contributed by atoms with van der Waals surface area (Å²) in [5.74, 6) is -1.11. The number of hydrogen-bond donors (Lipinski definition) is 3. The Hall–Kier alpha value is -3.88. The van der Waals surface area contributed by atoms with E-state index in [-0.39, 0.29) is 37.2 Å². The monoisotopic (exact) mass is 467 g/mol. The van der Waals surface area contributed by atoms with Gasteiger partial charge in [-0.1, -0.05) is 43.3 Å². The summed E-state index contributed by atoms with van der Waals surface area (Å²) in [5.41, 5.74) is 8.15. The van der Waals surface area contributed by atoms with Crippen LogP contribution in [0.1, 0.15) is 38.7 Å². The van der Waals surface area contributed by atoms with Gasteiger partial charge in [0.1, 0.15) is 18.2 Å². The van der Waals surface area contributed by atoms with Gasteiger partial charge in [-0.2, -0.15) is 0 Å². The minimum atomic E-state index is -0.987. The van der Waals surface area contributed by atoms with Crippen molar-refractivity contribution in [1.29, 1.82) is 5.41 Å². The van der Waals surface area contributed by atoms with Crippen LogP contribution >= 0.6 is 0 Å². The first-order valence-corrected chi connectivity index (χ1v) is 11.1. The number of amides is 1. The molecule has 3 rings (SSSR count). The van der Waals surface area contributed by atoms with Crippen molar-refractivity contribution in [2.45, 2.75) is 45.4 Å². The van der Waals surface area contributed by atoms with E-state index in [4.69, 9.17) is 25.4 Å². The summed E-state index contributed by atoms with van der Waals surface area (Å²) < 4.78 is 15.8. The van der Waals surface area contributed by atoms with E-state index in [1.807, 2.05) is 36.4 Å². The molecule has 0 radical (unpaired) electrons. The fourth-order valence-electron chi connectivity index (χ4n) is 3.62. The van der Waals surface area contributed by atoms with Gasteiger partial charge >= 0.3 is 11.9 Å². The third-order valence-electron chi connectivity index (χ3n) is 5.42. The standard InChI is InChI=1S/C25H29N3O6/c1-3-22(29)33-15(2)34-23(30)13-19-12-20(28-25(19)31)14-32-21-10-8-17(9-11-21)16-4-6-18(7-5-16)24(26)27/h4-11,15,19-20H,3,12-14H2,1-2H3,(H3,26,27)(H,28,31)/t15?,19-,20-/m0/s1. The summed E-state index contributed by atoms with van der Waals surface area (Å²) in [6.07, 6.45) is -0.449. The molecule has 9 nitrogen and oxygen atoms in total. The minimum Gasteiger partial charge on any atom is -0.491 e. The Morgan fingerprint density at radius 2 is 1.65 bits per heavy atom. The number of nitrogens with one attached hydrogen (secondary N) is 2. The highest BCUT2D eigenvalue weighted by Crippen LogP contribution is 2.24. The first-order valence-electron chi connectivity index (χ1n) is 11.1. The number of nitrogens with two attached hydrogens (primary N) is 1. The highest BCUT2D eigenvalue weighted by Gasteiger charge is 2.34. The predicted octanol–water partition coefficient (Wildman–Crippen LogP) is 2.75. The topological polar surface area (TPSA) is 141 Å². The highest BCUT2D eigenvalue weighted by molar-refractivity contribution is 5.95. The predicted molar refractivity (Wildman–Crippen MR) is 125 cm³/mol. The second-order valence-electron chi connectivity index (χ2n) is 8.07. The molecule has 34 heavy (non-hydrogen) atoms. The molecule has 1 aliphatic heterocycles. The van der Waals surface area contributed by atoms with Crippen LogP contribution in [-0.4, -0.2) is 42.6 Å². The average molecular weight is 468 g/mol. The fraction of sp³-hybridized carbons (Fsp3) is 0.360. The molecule has 1 saturated heterocycles. The second kappa shape index (κ2) is 11.3. The number of amidine groups is 1. The van der Waals surface area contributed by atoms with Crippen molar-refractivity contribution >= 4 is 23.7 Å². The van der Waals surface area contributed by atoms with Crippen molar-refractivity contribution in [2.24, 2.45) is 11.7 Å². The molecular weight excluding hydrogens is 438 g/mol. The average Bonchev–Trinajstić information content (AvgIpc) is 3.16. The Labute approximate surface area is 198 Å². The van der Waals surface area contributed by atoms with Gasteiger partial charge in [0.05, 0.1) is 18.4 Å². The zero-order valence-electron chi connectivity index (χ0n) is 19.2. The zero-order chi connectivity index (χ0) is 24.7. The van der Waals surface area contributed by atoms with Gasteiger partial charge in [-0.15, -0.1) is 0 Å². The van der Waals surface area contributed by atoms with Gasteiger partial charge in [0, 0.05) is 18.9 Å². The van der Waals surface area contributed by atoms with E-state index < -0.39 is 24.1 Å². The lowest BCUT2D eigenvalue weighted by Crippen LogP contribution is -2.31. The fourth-order valence-corrected chi connectivity index (χ4v) is 3.62. The van der Waals surface area contributed by atoms with Gasteiger partial charge in [-0.25, -0.2) is 0 Å². The Bertz CT molecular complexity index is 1040. The summed E-state index contributed by atoms with van der Waals surface area (Å²) in [5, 5.41) is 10.3. The summed E-state index contributed by atoms with van der Waals surface area (Å²) in [6.45, 7) is 3.38. The molecule has 2 aromatic rings. The van der Waals surface area contributed by atoms with Crippen LogP contribution in [0.15, 0.2) is 48.5 Å². The van der Waals surface area contributed by atoms with Gasteiger partial charge in [-0.3, -0.25) is 19.8 Å². The molecule has 180 valence electrons. The van der Waals surface area contributed by atoms with E-state index >= 15 is 0 Å². The summed E-state index contributed by atoms with van der Waals surface area (Å²) >= 11 is 0. The van der Waals surface area contributed by atoms with Gasteiger partial charge in [0.15, 0.2) is 0 Å². The van der Waals surface area contributed by atoms with E-state index in [9.17, 15) is 14.4 Å². The Morgan fingerprint density at radius 3 is 2.24 bits per heavy atom. The molecule has 1 aliphatic rings. The third kappa shape index (κ3) is 6.81. The van der Waals surface area contributed by atoms with E-state index in [1.165, 1.54) is 6.92 Å². The number of benzene rings is 2. The quantitative estimate of drug-likeness (QED) is 0.211. The lowest BCUT2D eigenvalue weighted by Gasteiger charge is -2.15. The van der Waals surface area contributed by atoms with Crippen molar-refractivity contribution < 1.29 is 28.6 Å². The normalized spacial score (nSPS) is 18.0. The first kappa shape index (κ1) is 24.8. The first-order chi connectivity index (χ1) is 16.2. The molecular formula is C25H29N3O6. The van der Waals surface area contributed by atoms with Gasteiger partial charge < -0.3 is 25.3 Å². The zero-order valence-corrected chi connectivity index (χ0v) is 19.2. The van der Waals surface area contributed by atoms with E-state index in [1.54, 1.807) is 19.1 Å². The summed E-state index contributed by atoms with van der Waals surface area (Å²) in [4.78, 5) is 35.6. The van der Waals surface area contributed by atoms with E-state index in [2.05, 4.69) is 5.32 Å². The summed E-state index contributed by atoms with van der Waals surface area (Å²) in [6, 6.07) is 14.7. The number of hydrogen-bond acceptors (Lipinski definition) is 7. The van der Waals surface area contributed by atoms with Crippen LogP contribution in [0.2, 0.25) is 0 Å².